The summed E-state index contributed by atoms with van der Waals surface area (Å²) in [5.74, 6) is 0.467. The molecular formula is C20H19ClN2O2S. The lowest BCUT2D eigenvalue weighted by atomic mass is 10.1. The highest BCUT2D eigenvalue weighted by atomic mass is 35.5. The quantitative estimate of drug-likeness (QED) is 0.683. The van der Waals surface area contributed by atoms with E-state index in [2.05, 4.69) is 28.1 Å². The van der Waals surface area contributed by atoms with Crippen LogP contribution in [0.5, 0.6) is 5.75 Å². The van der Waals surface area contributed by atoms with Crippen LogP contribution in [0.15, 0.2) is 47.8 Å². The number of amides is 1. The SMILES string of the molecule is C[C@@H](NC(=O)c1cc(OC2CNC2)ccc1Cl)c1csc2ccccc12. The van der Waals surface area contributed by atoms with Crippen LogP contribution < -0.4 is 15.4 Å². The van der Waals surface area contributed by atoms with Gasteiger partial charge in [-0.1, -0.05) is 29.8 Å². The lowest BCUT2D eigenvalue weighted by Crippen LogP contribution is -2.50. The van der Waals surface area contributed by atoms with Crippen molar-refractivity contribution in [2.45, 2.75) is 19.1 Å². The Bertz CT molecular complexity index is 952. The van der Waals surface area contributed by atoms with Gasteiger partial charge in [0.25, 0.3) is 5.91 Å². The fourth-order valence-corrected chi connectivity index (χ4v) is 4.23. The zero-order chi connectivity index (χ0) is 18.1. The van der Waals surface area contributed by atoms with Crippen LogP contribution in [0, 0.1) is 0 Å². The number of carbonyl (C=O) groups is 1. The van der Waals surface area contributed by atoms with Gasteiger partial charge in [-0.25, -0.2) is 0 Å². The summed E-state index contributed by atoms with van der Waals surface area (Å²) in [4.78, 5) is 12.8. The fraction of sp³-hybridized carbons (Fsp3) is 0.250. The van der Waals surface area contributed by atoms with E-state index in [1.54, 1.807) is 29.5 Å². The minimum absolute atomic E-state index is 0.116. The third-order valence-electron chi connectivity index (χ3n) is 4.55. The molecule has 0 spiro atoms. The lowest BCUT2D eigenvalue weighted by Gasteiger charge is -2.28. The second-order valence-electron chi connectivity index (χ2n) is 6.42. The molecule has 134 valence electrons. The van der Waals surface area contributed by atoms with Crippen molar-refractivity contribution >= 4 is 38.9 Å². The number of nitrogens with one attached hydrogen (secondary N) is 2. The molecule has 1 amide bonds. The maximum Gasteiger partial charge on any atom is 0.253 e. The number of rotatable bonds is 5. The Hall–Kier alpha value is -2.08. The van der Waals surface area contributed by atoms with Crippen molar-refractivity contribution in [1.82, 2.24) is 10.6 Å². The van der Waals surface area contributed by atoms with E-state index in [1.807, 2.05) is 19.1 Å². The van der Waals surface area contributed by atoms with E-state index >= 15 is 0 Å². The molecule has 4 rings (SSSR count). The van der Waals surface area contributed by atoms with E-state index in [1.165, 1.54) is 10.1 Å². The molecule has 0 radical (unpaired) electrons. The number of hydrogen-bond acceptors (Lipinski definition) is 4. The van der Waals surface area contributed by atoms with Gasteiger partial charge in [-0.05, 0) is 47.5 Å². The van der Waals surface area contributed by atoms with Gasteiger partial charge in [-0.2, -0.15) is 0 Å². The van der Waals surface area contributed by atoms with Crippen LogP contribution in [0.1, 0.15) is 28.9 Å². The molecule has 2 N–H and O–H groups in total. The number of halogens is 1. The van der Waals surface area contributed by atoms with Crippen LogP contribution in [0.25, 0.3) is 10.1 Å². The first-order chi connectivity index (χ1) is 12.6. The standard InChI is InChI=1S/C20H19ClN2O2S/c1-12(17-11-26-19-5-3-2-4-15(17)19)23-20(24)16-8-13(6-7-18(16)21)25-14-9-22-10-14/h2-8,11-12,14,22H,9-10H2,1H3,(H,23,24)/t12-/m1/s1. The average Bonchev–Trinajstić information content (AvgIpc) is 3.03. The molecule has 1 aliphatic rings. The monoisotopic (exact) mass is 386 g/mol. The molecule has 26 heavy (non-hydrogen) atoms. The number of thiophene rings is 1. The molecule has 0 unspecified atom stereocenters. The number of benzene rings is 2. The summed E-state index contributed by atoms with van der Waals surface area (Å²) in [5.41, 5.74) is 1.55. The van der Waals surface area contributed by atoms with Crippen molar-refractivity contribution in [2.75, 3.05) is 13.1 Å². The zero-order valence-electron chi connectivity index (χ0n) is 14.3. The molecule has 0 bridgehead atoms. The van der Waals surface area contributed by atoms with Crippen LogP contribution in [0.4, 0.5) is 0 Å². The Labute approximate surface area is 161 Å². The van der Waals surface area contributed by atoms with Crippen LogP contribution in [-0.4, -0.2) is 25.1 Å². The lowest BCUT2D eigenvalue weighted by molar-refractivity contribution is 0.0938. The maximum atomic E-state index is 12.8. The summed E-state index contributed by atoms with van der Waals surface area (Å²) in [6, 6.07) is 13.3. The van der Waals surface area contributed by atoms with Gasteiger partial charge >= 0.3 is 0 Å². The first-order valence-electron chi connectivity index (χ1n) is 8.56. The summed E-state index contributed by atoms with van der Waals surface area (Å²) >= 11 is 7.94. The maximum absolute atomic E-state index is 12.8. The molecule has 3 aromatic rings. The Morgan fingerprint density at radius 3 is 2.88 bits per heavy atom. The number of fused-ring (bicyclic) bond motifs is 1. The van der Waals surface area contributed by atoms with Gasteiger partial charge in [-0.15, -0.1) is 11.3 Å². The highest BCUT2D eigenvalue weighted by molar-refractivity contribution is 7.17. The predicted octanol–water partition coefficient (Wildman–Crippen LogP) is 4.40. The largest absolute Gasteiger partial charge is 0.488 e. The molecule has 1 fully saturated rings. The van der Waals surface area contributed by atoms with Gasteiger partial charge in [-0.3, -0.25) is 4.79 Å². The number of ether oxygens (including phenoxy) is 1. The second-order valence-corrected chi connectivity index (χ2v) is 7.74. The Morgan fingerprint density at radius 1 is 1.31 bits per heavy atom. The Morgan fingerprint density at radius 2 is 2.12 bits per heavy atom. The molecular weight excluding hydrogens is 368 g/mol. The van der Waals surface area contributed by atoms with E-state index in [-0.39, 0.29) is 18.1 Å². The van der Waals surface area contributed by atoms with E-state index in [0.29, 0.717) is 16.3 Å². The predicted molar refractivity (Wildman–Crippen MR) is 106 cm³/mol. The second kappa shape index (κ2) is 7.27. The van der Waals surface area contributed by atoms with E-state index in [9.17, 15) is 4.79 Å². The van der Waals surface area contributed by atoms with E-state index in [4.69, 9.17) is 16.3 Å². The van der Waals surface area contributed by atoms with Gasteiger partial charge in [0.1, 0.15) is 11.9 Å². The first kappa shape index (κ1) is 17.3. The van der Waals surface area contributed by atoms with Crippen molar-refractivity contribution in [3.63, 3.8) is 0 Å². The van der Waals surface area contributed by atoms with Gasteiger partial charge < -0.3 is 15.4 Å². The van der Waals surface area contributed by atoms with Crippen molar-refractivity contribution in [1.29, 1.82) is 0 Å². The Balaban J connectivity index is 1.52. The van der Waals surface area contributed by atoms with Gasteiger partial charge in [0, 0.05) is 17.8 Å². The first-order valence-corrected chi connectivity index (χ1v) is 9.81. The minimum atomic E-state index is -0.199. The van der Waals surface area contributed by atoms with Crippen LogP contribution in [-0.2, 0) is 0 Å². The highest BCUT2D eigenvalue weighted by Crippen LogP contribution is 2.31. The zero-order valence-corrected chi connectivity index (χ0v) is 15.9. The third-order valence-corrected chi connectivity index (χ3v) is 5.87. The molecule has 1 atom stereocenters. The van der Waals surface area contributed by atoms with Crippen molar-refractivity contribution < 1.29 is 9.53 Å². The molecule has 1 saturated heterocycles. The third kappa shape index (κ3) is 3.43. The van der Waals surface area contributed by atoms with E-state index < -0.39 is 0 Å². The summed E-state index contributed by atoms with van der Waals surface area (Å²) < 4.78 is 7.05. The van der Waals surface area contributed by atoms with Gasteiger partial charge in [0.15, 0.2) is 0 Å². The molecule has 1 aliphatic heterocycles. The molecule has 0 aliphatic carbocycles. The molecule has 6 heteroatoms. The fourth-order valence-electron chi connectivity index (χ4n) is 2.98. The van der Waals surface area contributed by atoms with Crippen LogP contribution in [0.2, 0.25) is 5.02 Å². The van der Waals surface area contributed by atoms with Gasteiger partial charge in [0.2, 0.25) is 0 Å². The summed E-state index contributed by atoms with van der Waals surface area (Å²) in [5, 5.41) is 9.90. The van der Waals surface area contributed by atoms with Gasteiger partial charge in [0.05, 0.1) is 16.6 Å². The summed E-state index contributed by atoms with van der Waals surface area (Å²) in [7, 11) is 0. The van der Waals surface area contributed by atoms with Crippen molar-refractivity contribution in [3.8, 4) is 5.75 Å². The highest BCUT2D eigenvalue weighted by Gasteiger charge is 2.21. The topological polar surface area (TPSA) is 50.4 Å². The Kier molecular flexibility index (Phi) is 4.85. The number of carbonyl (C=O) groups excluding carboxylic acids is 1. The summed E-state index contributed by atoms with van der Waals surface area (Å²) in [6.45, 7) is 3.64. The molecule has 0 saturated carbocycles. The molecule has 2 heterocycles. The van der Waals surface area contributed by atoms with E-state index in [0.717, 1.165) is 18.7 Å². The van der Waals surface area contributed by atoms with Crippen LogP contribution >= 0.6 is 22.9 Å². The molecule has 4 nitrogen and oxygen atoms in total. The molecule has 1 aromatic heterocycles. The summed E-state index contributed by atoms with van der Waals surface area (Å²) in [6.07, 6.45) is 0.156. The van der Waals surface area contributed by atoms with Crippen molar-refractivity contribution in [3.05, 3.63) is 64.0 Å². The smallest absolute Gasteiger partial charge is 0.253 e. The average molecular weight is 387 g/mol. The normalized spacial score (nSPS) is 15.5. The minimum Gasteiger partial charge on any atom is -0.488 e. The number of hydrogen-bond donors (Lipinski definition) is 2. The molecule has 2 aromatic carbocycles. The van der Waals surface area contributed by atoms with Crippen LogP contribution in [0.3, 0.4) is 0 Å². The van der Waals surface area contributed by atoms with Crippen molar-refractivity contribution in [2.24, 2.45) is 0 Å².